The van der Waals surface area contributed by atoms with E-state index in [2.05, 4.69) is 75.4 Å². The van der Waals surface area contributed by atoms with E-state index in [4.69, 9.17) is 14.4 Å². The number of benzene rings is 2. The highest BCUT2D eigenvalue weighted by atomic mass is 28.4. The van der Waals surface area contributed by atoms with Crippen LogP contribution in [0, 0.1) is 11.3 Å². The van der Waals surface area contributed by atoms with Crippen LogP contribution in [0.3, 0.4) is 0 Å². The average Bonchev–Trinajstić information content (AvgIpc) is 3.11. The predicted octanol–water partition coefficient (Wildman–Crippen LogP) is 3.63. The molecule has 0 N–H and O–H groups in total. The summed E-state index contributed by atoms with van der Waals surface area (Å²) in [6.45, 7) is 7.35. The molecule has 1 aliphatic heterocycles. The standard InChI is InChI=1S/C22H27NO2Si/c1-22(2,3)26(20-10-6-4-7-11-20,21-12-8-5-9-13-21)24-17-19-15-14-18(16-23)25-19/h4-13,18-19H,14-15,17H2,1-3H3/t18-,19-/m0/s1. The van der Waals surface area contributed by atoms with Crippen LogP contribution in [-0.2, 0) is 9.16 Å². The summed E-state index contributed by atoms with van der Waals surface area (Å²) in [6.07, 6.45) is 1.39. The van der Waals surface area contributed by atoms with Gasteiger partial charge in [-0.2, -0.15) is 5.26 Å². The first-order chi connectivity index (χ1) is 12.5. The molecule has 1 saturated heterocycles. The van der Waals surface area contributed by atoms with Crippen LogP contribution in [0.2, 0.25) is 5.04 Å². The smallest absolute Gasteiger partial charge is 0.261 e. The van der Waals surface area contributed by atoms with E-state index in [1.165, 1.54) is 10.4 Å². The molecule has 1 heterocycles. The van der Waals surface area contributed by atoms with Gasteiger partial charge < -0.3 is 9.16 Å². The minimum Gasteiger partial charge on any atom is -0.405 e. The van der Waals surface area contributed by atoms with Gasteiger partial charge in [-0.15, -0.1) is 0 Å². The number of nitriles is 1. The van der Waals surface area contributed by atoms with Gasteiger partial charge in [-0.3, -0.25) is 0 Å². The molecule has 0 unspecified atom stereocenters. The molecule has 0 aliphatic carbocycles. The topological polar surface area (TPSA) is 42.2 Å². The molecule has 0 spiro atoms. The SMILES string of the molecule is CC(C)(C)[Si](OC[C@@H]1CC[C@@H](C#N)O1)(c1ccccc1)c1ccccc1. The number of ether oxygens (including phenoxy) is 1. The molecule has 0 amide bonds. The van der Waals surface area contributed by atoms with Crippen LogP contribution in [0.1, 0.15) is 33.6 Å². The van der Waals surface area contributed by atoms with Crippen molar-refractivity contribution in [3.05, 3.63) is 60.7 Å². The Morgan fingerprint density at radius 1 is 1.00 bits per heavy atom. The summed E-state index contributed by atoms with van der Waals surface area (Å²) in [6, 6.07) is 23.4. The fourth-order valence-electron chi connectivity index (χ4n) is 3.90. The molecule has 0 aromatic heterocycles. The van der Waals surface area contributed by atoms with Crippen molar-refractivity contribution >= 4 is 18.7 Å². The first-order valence-electron chi connectivity index (χ1n) is 9.27. The summed E-state index contributed by atoms with van der Waals surface area (Å²) in [5.41, 5.74) is 0. The van der Waals surface area contributed by atoms with Crippen LogP contribution in [0.5, 0.6) is 0 Å². The molecule has 0 radical (unpaired) electrons. The zero-order valence-electron chi connectivity index (χ0n) is 15.8. The fraction of sp³-hybridized carbons (Fsp3) is 0.409. The Morgan fingerprint density at radius 2 is 1.54 bits per heavy atom. The summed E-state index contributed by atoms with van der Waals surface area (Å²) in [5.74, 6) is 0. The summed E-state index contributed by atoms with van der Waals surface area (Å²) in [7, 11) is -2.51. The van der Waals surface area contributed by atoms with Crippen molar-refractivity contribution < 1.29 is 9.16 Å². The van der Waals surface area contributed by atoms with Gasteiger partial charge in [0.2, 0.25) is 0 Å². The first kappa shape index (κ1) is 18.8. The van der Waals surface area contributed by atoms with Crippen LogP contribution >= 0.6 is 0 Å². The monoisotopic (exact) mass is 365 g/mol. The highest BCUT2D eigenvalue weighted by Crippen LogP contribution is 2.37. The minimum absolute atomic E-state index is 0.00120. The average molecular weight is 366 g/mol. The van der Waals surface area contributed by atoms with Crippen LogP contribution in [0.4, 0.5) is 0 Å². The van der Waals surface area contributed by atoms with Gasteiger partial charge in [-0.25, -0.2) is 0 Å². The van der Waals surface area contributed by atoms with Gasteiger partial charge in [-0.05, 0) is 28.3 Å². The Morgan fingerprint density at radius 3 is 1.96 bits per heavy atom. The molecule has 3 rings (SSSR count). The molecule has 1 aliphatic rings. The molecule has 0 bridgehead atoms. The van der Waals surface area contributed by atoms with Crippen molar-refractivity contribution in [2.45, 2.75) is 50.9 Å². The Bertz CT molecular complexity index is 710. The van der Waals surface area contributed by atoms with E-state index >= 15 is 0 Å². The second-order valence-electron chi connectivity index (χ2n) is 7.93. The third-order valence-corrected chi connectivity index (χ3v) is 10.2. The quantitative estimate of drug-likeness (QED) is 0.760. The Hall–Kier alpha value is -1.93. The van der Waals surface area contributed by atoms with Crippen molar-refractivity contribution in [1.29, 1.82) is 5.26 Å². The molecular weight excluding hydrogens is 338 g/mol. The maximum Gasteiger partial charge on any atom is 0.261 e. The third-order valence-electron chi connectivity index (χ3n) is 5.15. The Labute approximate surface area is 157 Å². The highest BCUT2D eigenvalue weighted by Gasteiger charge is 2.50. The van der Waals surface area contributed by atoms with Crippen molar-refractivity contribution in [1.82, 2.24) is 0 Å². The maximum absolute atomic E-state index is 9.09. The second-order valence-corrected chi connectivity index (χ2v) is 12.2. The summed E-state index contributed by atoms with van der Waals surface area (Å²) in [5, 5.41) is 11.6. The van der Waals surface area contributed by atoms with Gasteiger partial charge >= 0.3 is 0 Å². The number of rotatable bonds is 5. The van der Waals surface area contributed by atoms with E-state index < -0.39 is 8.32 Å². The minimum atomic E-state index is -2.51. The van der Waals surface area contributed by atoms with E-state index in [-0.39, 0.29) is 17.2 Å². The van der Waals surface area contributed by atoms with Gasteiger partial charge in [0.1, 0.15) is 6.10 Å². The Kier molecular flexibility index (Phi) is 5.62. The third kappa shape index (κ3) is 3.61. The number of hydrogen-bond donors (Lipinski definition) is 0. The molecule has 3 nitrogen and oxygen atoms in total. The maximum atomic E-state index is 9.09. The van der Waals surface area contributed by atoms with Gasteiger partial charge in [0, 0.05) is 0 Å². The molecule has 2 aromatic rings. The van der Waals surface area contributed by atoms with Crippen molar-refractivity contribution in [3.63, 3.8) is 0 Å². The molecule has 2 atom stereocenters. The summed E-state index contributed by atoms with van der Waals surface area (Å²) >= 11 is 0. The molecule has 2 aromatic carbocycles. The van der Waals surface area contributed by atoms with Crippen LogP contribution in [0.15, 0.2) is 60.7 Å². The summed E-state index contributed by atoms with van der Waals surface area (Å²) < 4.78 is 12.7. The fourth-order valence-corrected chi connectivity index (χ4v) is 8.49. The van der Waals surface area contributed by atoms with Gasteiger partial charge in [0.05, 0.1) is 18.8 Å². The van der Waals surface area contributed by atoms with Crippen molar-refractivity contribution in [3.8, 4) is 6.07 Å². The van der Waals surface area contributed by atoms with Crippen molar-refractivity contribution in [2.24, 2.45) is 0 Å². The lowest BCUT2D eigenvalue weighted by Crippen LogP contribution is -2.67. The lowest BCUT2D eigenvalue weighted by Gasteiger charge is -2.43. The second kappa shape index (κ2) is 7.75. The molecule has 4 heteroatoms. The van der Waals surface area contributed by atoms with E-state index in [1.807, 2.05) is 12.1 Å². The lowest BCUT2D eigenvalue weighted by atomic mass is 10.2. The lowest BCUT2D eigenvalue weighted by molar-refractivity contribution is 0.0385. The first-order valence-corrected chi connectivity index (χ1v) is 11.2. The van der Waals surface area contributed by atoms with Crippen LogP contribution in [0.25, 0.3) is 0 Å². The largest absolute Gasteiger partial charge is 0.405 e. The normalized spacial score (nSPS) is 20.7. The number of hydrogen-bond acceptors (Lipinski definition) is 3. The van der Waals surface area contributed by atoms with Crippen molar-refractivity contribution in [2.75, 3.05) is 6.61 Å². The summed E-state index contributed by atoms with van der Waals surface area (Å²) in [4.78, 5) is 0. The van der Waals surface area contributed by atoms with Crippen LogP contribution in [-0.4, -0.2) is 27.1 Å². The molecule has 0 saturated carbocycles. The van der Waals surface area contributed by atoms with Gasteiger partial charge in [-0.1, -0.05) is 81.4 Å². The van der Waals surface area contributed by atoms with E-state index in [0.29, 0.717) is 6.61 Å². The predicted molar refractivity (Wildman–Crippen MR) is 107 cm³/mol. The highest BCUT2D eigenvalue weighted by molar-refractivity contribution is 6.99. The number of nitrogens with zero attached hydrogens (tertiary/aromatic N) is 1. The van der Waals surface area contributed by atoms with E-state index in [9.17, 15) is 0 Å². The van der Waals surface area contributed by atoms with E-state index in [0.717, 1.165) is 12.8 Å². The van der Waals surface area contributed by atoms with E-state index in [1.54, 1.807) is 0 Å². The molecule has 136 valence electrons. The van der Waals surface area contributed by atoms with Crippen LogP contribution < -0.4 is 10.4 Å². The zero-order chi connectivity index (χ0) is 18.6. The van der Waals surface area contributed by atoms with Gasteiger partial charge in [0.25, 0.3) is 8.32 Å². The Balaban J connectivity index is 1.99. The zero-order valence-corrected chi connectivity index (χ0v) is 16.8. The molecule has 1 fully saturated rings. The molecular formula is C22H27NO2Si. The van der Waals surface area contributed by atoms with Gasteiger partial charge in [0.15, 0.2) is 0 Å². The molecule has 26 heavy (non-hydrogen) atoms.